The predicted octanol–water partition coefficient (Wildman–Crippen LogP) is 2.09. The summed E-state index contributed by atoms with van der Waals surface area (Å²) in [4.78, 5) is 5.70. The average Bonchev–Trinajstić information content (AvgIpc) is 2.32. The molecule has 0 spiro atoms. The fourth-order valence-corrected chi connectivity index (χ4v) is 1.91. The molecule has 0 saturated heterocycles. The van der Waals surface area contributed by atoms with E-state index in [1.54, 1.807) is 11.3 Å². The number of thiazole rings is 1. The molecule has 0 atom stereocenters. The number of nitrogens with zero attached hydrogens (tertiary/aromatic N) is 1. The first-order valence-electron chi connectivity index (χ1n) is 3.93. The molecule has 0 aliphatic rings. The molecule has 0 aliphatic carbocycles. The minimum atomic E-state index is 0.656. The molecule has 1 rings (SSSR count). The Labute approximate surface area is 82.0 Å². The number of nitrogens with one attached hydrogen (secondary N) is 1. The van der Waals surface area contributed by atoms with E-state index in [0.717, 1.165) is 23.8 Å². The highest BCUT2D eigenvalue weighted by Gasteiger charge is 2.01. The standard InChI is InChI=1S/C8H13ClN2S/c1-6-7(2)12-8(11-6)5-10-4-3-9/h10H,3-5H2,1-2H3. The van der Waals surface area contributed by atoms with Crippen LogP contribution in [0.25, 0.3) is 0 Å². The molecule has 0 bridgehead atoms. The molecule has 0 radical (unpaired) electrons. The highest BCUT2D eigenvalue weighted by atomic mass is 35.5. The summed E-state index contributed by atoms with van der Waals surface area (Å²) in [6.45, 7) is 5.82. The van der Waals surface area contributed by atoms with E-state index >= 15 is 0 Å². The van der Waals surface area contributed by atoms with Gasteiger partial charge in [-0.15, -0.1) is 22.9 Å². The van der Waals surface area contributed by atoms with Gasteiger partial charge in [-0.2, -0.15) is 0 Å². The summed E-state index contributed by atoms with van der Waals surface area (Å²) in [6.07, 6.45) is 0. The smallest absolute Gasteiger partial charge is 0.107 e. The lowest BCUT2D eigenvalue weighted by molar-refractivity contribution is 0.724. The summed E-state index contributed by atoms with van der Waals surface area (Å²) in [5, 5.41) is 4.36. The van der Waals surface area contributed by atoms with Crippen molar-refractivity contribution in [2.75, 3.05) is 12.4 Å². The van der Waals surface area contributed by atoms with Gasteiger partial charge in [-0.05, 0) is 13.8 Å². The third kappa shape index (κ3) is 2.73. The Kier molecular flexibility index (Phi) is 3.98. The van der Waals surface area contributed by atoms with E-state index < -0.39 is 0 Å². The minimum Gasteiger partial charge on any atom is -0.309 e. The number of alkyl halides is 1. The maximum absolute atomic E-state index is 5.52. The Morgan fingerprint density at radius 1 is 1.50 bits per heavy atom. The van der Waals surface area contributed by atoms with Crippen molar-refractivity contribution in [3.63, 3.8) is 0 Å². The molecule has 0 saturated carbocycles. The second-order valence-corrected chi connectivity index (χ2v) is 4.28. The van der Waals surface area contributed by atoms with E-state index in [1.165, 1.54) is 4.88 Å². The van der Waals surface area contributed by atoms with E-state index in [4.69, 9.17) is 11.6 Å². The van der Waals surface area contributed by atoms with Crippen LogP contribution in [0.5, 0.6) is 0 Å². The van der Waals surface area contributed by atoms with Gasteiger partial charge in [0.2, 0.25) is 0 Å². The van der Waals surface area contributed by atoms with Crippen LogP contribution in [0.15, 0.2) is 0 Å². The van der Waals surface area contributed by atoms with E-state index in [9.17, 15) is 0 Å². The van der Waals surface area contributed by atoms with Gasteiger partial charge in [-0.3, -0.25) is 0 Å². The zero-order chi connectivity index (χ0) is 8.97. The summed E-state index contributed by atoms with van der Waals surface area (Å²) in [5.74, 6) is 0.656. The molecule has 2 nitrogen and oxygen atoms in total. The van der Waals surface area contributed by atoms with Crippen LogP contribution < -0.4 is 5.32 Å². The van der Waals surface area contributed by atoms with Gasteiger partial charge in [0.25, 0.3) is 0 Å². The molecular formula is C8H13ClN2S. The summed E-state index contributed by atoms with van der Waals surface area (Å²) in [7, 11) is 0. The summed E-state index contributed by atoms with van der Waals surface area (Å²) >= 11 is 7.27. The fraction of sp³-hybridized carbons (Fsp3) is 0.625. The van der Waals surface area contributed by atoms with Gasteiger partial charge >= 0.3 is 0 Å². The maximum atomic E-state index is 5.52. The molecule has 1 aromatic rings. The van der Waals surface area contributed by atoms with Crippen molar-refractivity contribution < 1.29 is 0 Å². The zero-order valence-corrected chi connectivity index (χ0v) is 8.93. The molecule has 68 valence electrons. The van der Waals surface area contributed by atoms with Crippen molar-refractivity contribution in [1.29, 1.82) is 0 Å². The maximum Gasteiger partial charge on any atom is 0.107 e. The van der Waals surface area contributed by atoms with E-state index in [0.29, 0.717) is 5.88 Å². The van der Waals surface area contributed by atoms with Gasteiger partial charge in [-0.25, -0.2) is 4.98 Å². The zero-order valence-electron chi connectivity index (χ0n) is 7.35. The molecule has 0 fully saturated rings. The molecule has 12 heavy (non-hydrogen) atoms. The molecule has 0 amide bonds. The van der Waals surface area contributed by atoms with Crippen LogP contribution in [-0.4, -0.2) is 17.4 Å². The van der Waals surface area contributed by atoms with E-state index in [1.807, 2.05) is 6.92 Å². The molecule has 0 unspecified atom stereocenters. The minimum absolute atomic E-state index is 0.656. The summed E-state index contributed by atoms with van der Waals surface area (Å²) in [6, 6.07) is 0. The van der Waals surface area contributed by atoms with Gasteiger partial charge in [0.1, 0.15) is 5.01 Å². The monoisotopic (exact) mass is 204 g/mol. The Morgan fingerprint density at radius 3 is 2.75 bits per heavy atom. The topological polar surface area (TPSA) is 24.9 Å². The molecule has 0 aromatic carbocycles. The van der Waals surface area contributed by atoms with Crippen molar-refractivity contribution in [2.45, 2.75) is 20.4 Å². The lowest BCUT2D eigenvalue weighted by Crippen LogP contribution is -2.15. The van der Waals surface area contributed by atoms with Crippen LogP contribution in [0.1, 0.15) is 15.6 Å². The van der Waals surface area contributed by atoms with Crippen molar-refractivity contribution in [1.82, 2.24) is 10.3 Å². The van der Waals surface area contributed by atoms with Crippen molar-refractivity contribution in [3.05, 3.63) is 15.6 Å². The molecule has 4 heteroatoms. The molecular weight excluding hydrogens is 192 g/mol. The Bertz CT molecular complexity index is 228. The third-order valence-corrected chi connectivity index (χ3v) is 2.88. The number of hydrogen-bond donors (Lipinski definition) is 1. The molecule has 1 heterocycles. The van der Waals surface area contributed by atoms with Crippen LogP contribution >= 0.6 is 22.9 Å². The first-order chi connectivity index (χ1) is 5.74. The van der Waals surface area contributed by atoms with Crippen LogP contribution in [0, 0.1) is 13.8 Å². The average molecular weight is 205 g/mol. The molecule has 1 aromatic heterocycles. The van der Waals surface area contributed by atoms with Gasteiger partial charge < -0.3 is 5.32 Å². The highest BCUT2D eigenvalue weighted by Crippen LogP contribution is 2.15. The first kappa shape index (κ1) is 9.96. The summed E-state index contributed by atoms with van der Waals surface area (Å²) < 4.78 is 0. The lowest BCUT2D eigenvalue weighted by Gasteiger charge is -1.96. The van der Waals surface area contributed by atoms with Crippen molar-refractivity contribution in [2.24, 2.45) is 0 Å². The number of aromatic nitrogens is 1. The number of rotatable bonds is 4. The highest BCUT2D eigenvalue weighted by molar-refractivity contribution is 7.11. The predicted molar refractivity (Wildman–Crippen MR) is 54.0 cm³/mol. The second-order valence-electron chi connectivity index (χ2n) is 2.61. The SMILES string of the molecule is Cc1nc(CNCCCl)sc1C. The van der Waals surface area contributed by atoms with E-state index in [2.05, 4.69) is 17.2 Å². The van der Waals surface area contributed by atoms with Crippen LogP contribution in [0.2, 0.25) is 0 Å². The molecule has 0 aliphatic heterocycles. The Morgan fingerprint density at radius 2 is 2.25 bits per heavy atom. The quantitative estimate of drug-likeness (QED) is 0.600. The normalized spacial score (nSPS) is 10.6. The fourth-order valence-electron chi connectivity index (χ4n) is 0.877. The van der Waals surface area contributed by atoms with Crippen LogP contribution in [0.3, 0.4) is 0 Å². The molecule has 1 N–H and O–H groups in total. The van der Waals surface area contributed by atoms with Crippen LogP contribution in [0.4, 0.5) is 0 Å². The van der Waals surface area contributed by atoms with E-state index in [-0.39, 0.29) is 0 Å². The second kappa shape index (κ2) is 4.80. The number of hydrogen-bond acceptors (Lipinski definition) is 3. The lowest BCUT2D eigenvalue weighted by atomic mass is 10.4. The van der Waals surface area contributed by atoms with Crippen molar-refractivity contribution in [3.8, 4) is 0 Å². The van der Waals surface area contributed by atoms with Gasteiger partial charge in [0.05, 0.1) is 5.69 Å². The van der Waals surface area contributed by atoms with Crippen molar-refractivity contribution >= 4 is 22.9 Å². The Hall–Kier alpha value is -0.120. The first-order valence-corrected chi connectivity index (χ1v) is 5.28. The van der Waals surface area contributed by atoms with Gasteiger partial charge in [-0.1, -0.05) is 0 Å². The third-order valence-electron chi connectivity index (χ3n) is 1.62. The largest absolute Gasteiger partial charge is 0.309 e. The summed E-state index contributed by atoms with van der Waals surface area (Å²) in [5.41, 5.74) is 1.14. The van der Waals surface area contributed by atoms with Gasteiger partial charge in [0, 0.05) is 23.8 Å². The number of halogens is 1. The number of aryl methyl sites for hydroxylation is 2. The van der Waals surface area contributed by atoms with Crippen LogP contribution in [-0.2, 0) is 6.54 Å². The van der Waals surface area contributed by atoms with Gasteiger partial charge in [0.15, 0.2) is 0 Å². The Balaban J connectivity index is 2.42.